The first kappa shape index (κ1) is 36.2. The molecule has 5 aliphatic carbocycles. The minimum absolute atomic E-state index is 0.00367. The van der Waals surface area contributed by atoms with Crippen LogP contribution in [-0.2, 0) is 9.47 Å². The topological polar surface area (TPSA) is 88.0 Å². The molecule has 5 rings (SSSR count). The van der Waals surface area contributed by atoms with E-state index in [0.29, 0.717) is 25.0 Å². The molecule has 0 aromatic heterocycles. The molecule has 0 radical (unpaired) electrons. The molecule has 6 heteroatoms. The number of allylic oxidation sites excluding steroid dienone is 1. The van der Waals surface area contributed by atoms with Crippen molar-refractivity contribution in [2.24, 2.45) is 52.3 Å². The number of aliphatic hydroxyl groups is 2. The number of amides is 1. The summed E-state index contributed by atoms with van der Waals surface area (Å²) in [6.45, 7) is 13.9. The van der Waals surface area contributed by atoms with Crippen molar-refractivity contribution in [2.45, 2.75) is 162 Å². The number of carbonyl (C=O) groups excluding carboxylic acids is 1. The van der Waals surface area contributed by atoms with E-state index in [4.69, 9.17) is 9.47 Å². The van der Waals surface area contributed by atoms with Crippen LogP contribution in [0.25, 0.3) is 0 Å². The zero-order valence-corrected chi connectivity index (χ0v) is 30.1. The highest BCUT2D eigenvalue weighted by Gasteiger charge is 2.59. The van der Waals surface area contributed by atoms with E-state index >= 15 is 0 Å². The summed E-state index contributed by atoms with van der Waals surface area (Å²) in [7, 11) is 0. The molecule has 0 saturated heterocycles. The van der Waals surface area contributed by atoms with Gasteiger partial charge in [0.25, 0.3) is 0 Å². The van der Waals surface area contributed by atoms with E-state index in [0.717, 1.165) is 86.9 Å². The van der Waals surface area contributed by atoms with Crippen LogP contribution in [0, 0.1) is 52.3 Å². The van der Waals surface area contributed by atoms with Gasteiger partial charge in [0, 0.05) is 32.1 Å². The first-order valence-corrected chi connectivity index (χ1v) is 19.6. The molecule has 1 amide bonds. The number of rotatable bonds is 15. The number of hydrogen-bond donors (Lipinski definition) is 3. The summed E-state index contributed by atoms with van der Waals surface area (Å²) >= 11 is 0. The molecule has 46 heavy (non-hydrogen) atoms. The van der Waals surface area contributed by atoms with Gasteiger partial charge in [0.05, 0.1) is 12.2 Å². The summed E-state index contributed by atoms with van der Waals surface area (Å²) in [6.07, 6.45) is 21.5. The number of fused-ring (bicyclic) bond motifs is 5. The summed E-state index contributed by atoms with van der Waals surface area (Å²) in [4.78, 5) is 12.7. The molecule has 6 nitrogen and oxygen atoms in total. The van der Waals surface area contributed by atoms with Gasteiger partial charge in [-0.3, -0.25) is 0 Å². The molecule has 0 aromatic carbocycles. The van der Waals surface area contributed by atoms with Gasteiger partial charge in [-0.2, -0.15) is 0 Å². The van der Waals surface area contributed by atoms with Crippen LogP contribution in [0.2, 0.25) is 0 Å². The van der Waals surface area contributed by atoms with Crippen molar-refractivity contribution in [1.82, 2.24) is 5.32 Å². The van der Waals surface area contributed by atoms with Gasteiger partial charge >= 0.3 is 6.09 Å². The Kier molecular flexibility index (Phi) is 12.6. The molecule has 11 atom stereocenters. The first-order valence-electron chi connectivity index (χ1n) is 19.6. The number of alkyl carbamates (subject to hydrolysis) is 1. The normalized spacial score (nSPS) is 39.3. The van der Waals surface area contributed by atoms with E-state index in [2.05, 4.69) is 46.0 Å². The van der Waals surface area contributed by atoms with Gasteiger partial charge in [-0.25, -0.2) is 4.79 Å². The van der Waals surface area contributed by atoms with E-state index < -0.39 is 6.10 Å². The fourth-order valence-electron chi connectivity index (χ4n) is 11.4. The molecule has 3 N–H and O–H groups in total. The number of unbranched alkanes of at least 4 members (excludes halogenated alkanes) is 3. The maximum absolute atomic E-state index is 12.7. The van der Waals surface area contributed by atoms with Gasteiger partial charge in [0.15, 0.2) is 0 Å². The van der Waals surface area contributed by atoms with Crippen LogP contribution in [0.4, 0.5) is 4.79 Å². The SMILES string of the molecule is CC(C)CCC[C@H](C)[C@@H]1CC[C@@H]2C3CC=C4C[C@@H](OC(=O)NCCCCCCO[C@H]5C[C@H](CO)[C@@H](O)C5)CC[C@]4(C)[C@@H]3CC[C@@]21C. The zero-order valence-electron chi connectivity index (χ0n) is 30.1. The number of carbonyl (C=O) groups is 1. The molecule has 0 aliphatic heterocycles. The van der Waals surface area contributed by atoms with Gasteiger partial charge in [0.2, 0.25) is 0 Å². The number of ether oxygens (including phenoxy) is 2. The average molecular weight is 644 g/mol. The van der Waals surface area contributed by atoms with Crippen molar-refractivity contribution in [3.05, 3.63) is 11.6 Å². The summed E-state index contributed by atoms with van der Waals surface area (Å²) in [5.41, 5.74) is 2.39. The third-order valence-corrected chi connectivity index (χ3v) is 14.1. The van der Waals surface area contributed by atoms with Crippen molar-refractivity contribution in [3.63, 3.8) is 0 Å². The summed E-state index contributed by atoms with van der Waals surface area (Å²) in [6, 6.07) is 0. The Labute approximate surface area is 281 Å². The quantitative estimate of drug-likeness (QED) is 0.123. The Bertz CT molecular complexity index is 1010. The summed E-state index contributed by atoms with van der Waals surface area (Å²) in [5, 5.41) is 22.2. The summed E-state index contributed by atoms with van der Waals surface area (Å²) in [5.74, 6) is 5.06. The van der Waals surface area contributed by atoms with Gasteiger partial charge in [0.1, 0.15) is 6.10 Å². The molecule has 1 unspecified atom stereocenters. The minimum Gasteiger partial charge on any atom is -0.446 e. The third-order valence-electron chi connectivity index (χ3n) is 14.1. The van der Waals surface area contributed by atoms with Gasteiger partial charge < -0.3 is 25.0 Å². The summed E-state index contributed by atoms with van der Waals surface area (Å²) < 4.78 is 11.9. The Morgan fingerprint density at radius 2 is 1.76 bits per heavy atom. The van der Waals surface area contributed by atoms with Crippen LogP contribution in [0.5, 0.6) is 0 Å². The second kappa shape index (κ2) is 16.1. The number of hydrogen-bond acceptors (Lipinski definition) is 5. The standard InChI is InChI=1S/C40H69NO5/c1-27(2)11-10-12-28(3)34-15-16-35-33-14-13-30-24-31(17-19-39(30,4)36(33)18-20-40(34,35)5)46-38(44)41-21-8-6-7-9-22-45-32-23-29(26-42)37(43)25-32/h13,27-29,31-37,42-43H,6-12,14-26H2,1-5H3,(H,41,44)/t28-,29+,31-,32-,33?,34-,35+,36+,37-,39-,40+/m0/s1. The fourth-order valence-corrected chi connectivity index (χ4v) is 11.4. The van der Waals surface area contributed by atoms with Crippen LogP contribution in [0.1, 0.15) is 144 Å². The van der Waals surface area contributed by atoms with E-state index in [9.17, 15) is 15.0 Å². The lowest BCUT2D eigenvalue weighted by molar-refractivity contribution is -0.0581. The maximum atomic E-state index is 12.7. The zero-order chi connectivity index (χ0) is 32.9. The van der Waals surface area contributed by atoms with Gasteiger partial charge in [-0.15, -0.1) is 0 Å². The molecule has 264 valence electrons. The van der Waals surface area contributed by atoms with E-state index in [1.807, 2.05) is 0 Å². The van der Waals surface area contributed by atoms with Crippen LogP contribution in [0.3, 0.4) is 0 Å². The highest BCUT2D eigenvalue weighted by Crippen LogP contribution is 2.67. The monoisotopic (exact) mass is 644 g/mol. The van der Waals surface area contributed by atoms with E-state index in [-0.39, 0.29) is 36.2 Å². The van der Waals surface area contributed by atoms with E-state index in [1.165, 1.54) is 51.4 Å². The molecule has 4 saturated carbocycles. The highest BCUT2D eigenvalue weighted by molar-refractivity contribution is 5.67. The van der Waals surface area contributed by atoms with Crippen molar-refractivity contribution < 1.29 is 24.5 Å². The minimum atomic E-state index is -0.433. The molecule has 0 spiro atoms. The maximum Gasteiger partial charge on any atom is 0.407 e. The fraction of sp³-hybridized carbons (Fsp3) is 0.925. The van der Waals surface area contributed by atoms with Crippen molar-refractivity contribution in [1.29, 1.82) is 0 Å². The van der Waals surface area contributed by atoms with Crippen LogP contribution >= 0.6 is 0 Å². The van der Waals surface area contributed by atoms with Crippen molar-refractivity contribution >= 4 is 6.09 Å². The Morgan fingerprint density at radius 1 is 0.957 bits per heavy atom. The first-order chi connectivity index (χ1) is 22.0. The van der Waals surface area contributed by atoms with Crippen LogP contribution in [-0.4, -0.2) is 54.4 Å². The molecule has 0 heterocycles. The second-order valence-electron chi connectivity index (χ2n) is 17.4. The molecular formula is C40H69NO5. The van der Waals surface area contributed by atoms with Gasteiger partial charge in [-0.1, -0.05) is 78.4 Å². The predicted octanol–water partition coefficient (Wildman–Crippen LogP) is 8.83. The van der Waals surface area contributed by atoms with Crippen molar-refractivity contribution in [3.8, 4) is 0 Å². The lowest BCUT2D eigenvalue weighted by Gasteiger charge is -2.58. The molecule has 0 bridgehead atoms. The lowest BCUT2D eigenvalue weighted by atomic mass is 9.47. The van der Waals surface area contributed by atoms with Gasteiger partial charge in [-0.05, 0) is 117 Å². The molecule has 5 aliphatic rings. The number of aliphatic hydroxyl groups excluding tert-OH is 2. The van der Waals surface area contributed by atoms with E-state index in [1.54, 1.807) is 5.57 Å². The average Bonchev–Trinajstić information content (AvgIpc) is 3.56. The Morgan fingerprint density at radius 3 is 2.52 bits per heavy atom. The molecule has 0 aromatic rings. The Balaban J connectivity index is 1.01. The predicted molar refractivity (Wildman–Crippen MR) is 185 cm³/mol. The lowest BCUT2D eigenvalue weighted by Crippen LogP contribution is -2.51. The molecule has 4 fully saturated rings. The second-order valence-corrected chi connectivity index (χ2v) is 17.4. The number of nitrogens with one attached hydrogen (secondary N) is 1. The largest absolute Gasteiger partial charge is 0.446 e. The van der Waals surface area contributed by atoms with Crippen LogP contribution in [0.15, 0.2) is 11.6 Å². The highest BCUT2D eigenvalue weighted by atomic mass is 16.6. The van der Waals surface area contributed by atoms with Crippen LogP contribution < -0.4 is 5.32 Å². The smallest absolute Gasteiger partial charge is 0.407 e. The Hall–Kier alpha value is -1.11. The third kappa shape index (κ3) is 8.19. The van der Waals surface area contributed by atoms with Crippen molar-refractivity contribution in [2.75, 3.05) is 19.8 Å². The molecular weight excluding hydrogens is 574 g/mol.